The fourth-order valence-electron chi connectivity index (χ4n) is 3.79. The van der Waals surface area contributed by atoms with Crippen molar-refractivity contribution in [3.05, 3.63) is 52.9 Å². The van der Waals surface area contributed by atoms with Gasteiger partial charge in [-0.2, -0.15) is 39.5 Å². The molecule has 1 aliphatic carbocycles. The second-order valence-corrected chi connectivity index (χ2v) is 7.42. The maximum absolute atomic E-state index is 14.1. The Morgan fingerprint density at radius 1 is 0.900 bits per heavy atom. The molecular formula is C19H17F9N2. The molecule has 1 atom stereocenters. The van der Waals surface area contributed by atoms with Gasteiger partial charge in [0.05, 0.1) is 0 Å². The number of pyridine rings is 1. The zero-order valence-electron chi connectivity index (χ0n) is 15.4. The Balaban J connectivity index is 2.04. The van der Waals surface area contributed by atoms with Crippen LogP contribution in [0.15, 0.2) is 35.9 Å². The number of hydrogen-bond donors (Lipinski definition) is 0. The first-order valence-corrected chi connectivity index (χ1v) is 9.04. The topological polar surface area (TPSA) is 16.1 Å². The molecule has 1 unspecified atom stereocenters. The predicted molar refractivity (Wildman–Crippen MR) is 89.5 cm³/mol. The van der Waals surface area contributed by atoms with Crippen LogP contribution in [0.5, 0.6) is 0 Å². The van der Waals surface area contributed by atoms with Crippen molar-refractivity contribution in [2.24, 2.45) is 0 Å². The first-order valence-electron chi connectivity index (χ1n) is 9.04. The highest BCUT2D eigenvalue weighted by Crippen LogP contribution is 2.49. The van der Waals surface area contributed by atoms with Gasteiger partial charge in [-0.3, -0.25) is 4.90 Å². The van der Waals surface area contributed by atoms with Gasteiger partial charge >= 0.3 is 18.5 Å². The summed E-state index contributed by atoms with van der Waals surface area (Å²) < 4.78 is 121. The van der Waals surface area contributed by atoms with Gasteiger partial charge in [0.15, 0.2) is 0 Å². The molecule has 0 bridgehead atoms. The van der Waals surface area contributed by atoms with Crippen molar-refractivity contribution in [3.8, 4) is 0 Å². The molecule has 1 aromatic rings. The number of alkyl halides is 9. The highest BCUT2D eigenvalue weighted by Gasteiger charge is 2.59. The van der Waals surface area contributed by atoms with E-state index in [1.165, 1.54) is 4.90 Å². The van der Waals surface area contributed by atoms with Crippen molar-refractivity contribution < 1.29 is 39.5 Å². The molecule has 166 valence electrons. The van der Waals surface area contributed by atoms with E-state index in [1.54, 1.807) is 6.08 Å². The highest BCUT2D eigenvalue weighted by molar-refractivity contribution is 5.35. The van der Waals surface area contributed by atoms with Crippen LogP contribution in [0, 0.1) is 0 Å². The van der Waals surface area contributed by atoms with Gasteiger partial charge < -0.3 is 0 Å². The smallest absolute Gasteiger partial charge is 0.298 e. The van der Waals surface area contributed by atoms with Gasteiger partial charge in [0.25, 0.3) is 0 Å². The molecule has 1 aliphatic heterocycles. The van der Waals surface area contributed by atoms with Gasteiger partial charge in [-0.05, 0) is 49.1 Å². The van der Waals surface area contributed by atoms with Crippen LogP contribution in [-0.2, 0) is 17.8 Å². The molecule has 11 heteroatoms. The van der Waals surface area contributed by atoms with Crippen molar-refractivity contribution >= 4 is 0 Å². The summed E-state index contributed by atoms with van der Waals surface area (Å²) in [5.74, 6) is 0. The summed E-state index contributed by atoms with van der Waals surface area (Å²) >= 11 is 0. The standard InChI is InChI=1S/C19H17F9N2/c20-17(21,22)14-8-13(9-15(29-14)18(23,24)25)16(19(26,27)28)6-7-30(11-16)10-12-4-2-1-3-5-12/h2,4-5,8-9H,1,3,6-7,10-11H2. The van der Waals surface area contributed by atoms with Gasteiger partial charge in [-0.25, -0.2) is 4.98 Å². The molecular weight excluding hydrogens is 427 g/mol. The number of allylic oxidation sites excluding steroid dienone is 2. The Morgan fingerprint density at radius 2 is 1.50 bits per heavy atom. The summed E-state index contributed by atoms with van der Waals surface area (Å²) in [6, 6.07) is 0.179. The monoisotopic (exact) mass is 444 g/mol. The van der Waals surface area contributed by atoms with E-state index in [0.29, 0.717) is 0 Å². The maximum atomic E-state index is 14.1. The third-order valence-corrected chi connectivity index (χ3v) is 5.33. The van der Waals surface area contributed by atoms with E-state index in [4.69, 9.17) is 0 Å². The molecule has 30 heavy (non-hydrogen) atoms. The minimum Gasteiger partial charge on any atom is -0.298 e. The van der Waals surface area contributed by atoms with Crippen LogP contribution in [0.25, 0.3) is 0 Å². The Hall–Kier alpha value is -2.04. The molecule has 3 rings (SSSR count). The average Bonchev–Trinajstić information content (AvgIpc) is 3.06. The molecule has 2 nitrogen and oxygen atoms in total. The first-order chi connectivity index (χ1) is 13.7. The molecule has 0 amide bonds. The fraction of sp³-hybridized carbons (Fsp3) is 0.526. The van der Waals surface area contributed by atoms with Crippen molar-refractivity contribution in [2.45, 2.75) is 43.2 Å². The largest absolute Gasteiger partial charge is 0.433 e. The van der Waals surface area contributed by atoms with E-state index in [1.807, 2.05) is 12.2 Å². The van der Waals surface area contributed by atoms with Crippen LogP contribution >= 0.6 is 0 Å². The van der Waals surface area contributed by atoms with Crippen molar-refractivity contribution in [1.29, 1.82) is 0 Å². The fourth-order valence-corrected chi connectivity index (χ4v) is 3.79. The maximum Gasteiger partial charge on any atom is 0.433 e. The number of rotatable bonds is 3. The lowest BCUT2D eigenvalue weighted by Gasteiger charge is -2.33. The molecule has 2 aliphatic rings. The molecule has 0 radical (unpaired) electrons. The van der Waals surface area contributed by atoms with Crippen molar-refractivity contribution in [1.82, 2.24) is 9.88 Å². The lowest BCUT2D eigenvalue weighted by Crippen LogP contribution is -2.45. The van der Waals surface area contributed by atoms with Gasteiger partial charge in [-0.1, -0.05) is 18.2 Å². The SMILES string of the molecule is FC(F)(F)c1cc(C2(C(F)(F)F)CCN(CC3=CCCC=C3)C2)cc(C(F)(F)F)n1. The van der Waals surface area contributed by atoms with E-state index in [2.05, 4.69) is 4.98 Å². The van der Waals surface area contributed by atoms with E-state index in [0.717, 1.165) is 18.4 Å². The minimum absolute atomic E-state index is 0.0893. The highest BCUT2D eigenvalue weighted by atomic mass is 19.4. The first kappa shape index (κ1) is 22.6. The summed E-state index contributed by atoms with van der Waals surface area (Å²) in [6.07, 6.45) is -9.35. The zero-order valence-corrected chi connectivity index (χ0v) is 15.4. The van der Waals surface area contributed by atoms with Crippen LogP contribution in [0.3, 0.4) is 0 Å². The van der Waals surface area contributed by atoms with E-state index in [9.17, 15) is 39.5 Å². The van der Waals surface area contributed by atoms with Gasteiger partial charge in [-0.15, -0.1) is 0 Å². The molecule has 0 aromatic carbocycles. The number of hydrogen-bond acceptors (Lipinski definition) is 2. The molecule has 2 heterocycles. The Morgan fingerprint density at radius 3 is 1.97 bits per heavy atom. The van der Waals surface area contributed by atoms with Crippen LogP contribution in [0.4, 0.5) is 39.5 Å². The van der Waals surface area contributed by atoms with Gasteiger partial charge in [0.2, 0.25) is 0 Å². The molecule has 0 spiro atoms. The lowest BCUT2D eigenvalue weighted by atomic mass is 9.78. The van der Waals surface area contributed by atoms with E-state index in [-0.39, 0.29) is 25.2 Å². The van der Waals surface area contributed by atoms with Crippen molar-refractivity contribution in [3.63, 3.8) is 0 Å². The summed E-state index contributed by atoms with van der Waals surface area (Å²) in [4.78, 5) is 3.92. The van der Waals surface area contributed by atoms with Crippen LogP contribution in [-0.4, -0.2) is 35.7 Å². The predicted octanol–water partition coefficient (Wildman–Crippen LogP) is 5.90. The van der Waals surface area contributed by atoms with Gasteiger partial charge in [0.1, 0.15) is 16.8 Å². The summed E-state index contributed by atoms with van der Waals surface area (Å²) in [5.41, 5.74) is -7.14. The molecule has 0 saturated carbocycles. The molecule has 1 aromatic heterocycles. The summed E-state index contributed by atoms with van der Waals surface area (Å²) in [7, 11) is 0. The van der Waals surface area contributed by atoms with Crippen LogP contribution in [0.2, 0.25) is 0 Å². The Bertz CT molecular complexity index is 817. The number of aromatic nitrogens is 1. The zero-order chi connectivity index (χ0) is 22.4. The normalized spacial score (nSPS) is 23.7. The van der Waals surface area contributed by atoms with Crippen LogP contribution in [0.1, 0.15) is 36.2 Å². The quantitative estimate of drug-likeness (QED) is 0.540. The molecule has 1 saturated heterocycles. The lowest BCUT2D eigenvalue weighted by molar-refractivity contribution is -0.188. The number of likely N-dealkylation sites (tertiary alicyclic amines) is 1. The Kier molecular flexibility index (Phi) is 5.72. The van der Waals surface area contributed by atoms with E-state index < -0.39 is 53.9 Å². The summed E-state index contributed by atoms with van der Waals surface area (Å²) in [6.45, 7) is -0.715. The third kappa shape index (κ3) is 4.50. The average molecular weight is 444 g/mol. The van der Waals surface area contributed by atoms with Crippen molar-refractivity contribution in [2.75, 3.05) is 19.6 Å². The second kappa shape index (κ2) is 7.58. The number of nitrogens with zero attached hydrogens (tertiary/aromatic N) is 2. The number of halogens is 9. The van der Waals surface area contributed by atoms with Crippen LogP contribution < -0.4 is 0 Å². The molecule has 1 fully saturated rings. The minimum atomic E-state index is -5.32. The Labute approximate surface area is 166 Å². The second-order valence-electron chi connectivity index (χ2n) is 7.42. The summed E-state index contributed by atoms with van der Waals surface area (Å²) in [5, 5.41) is 0. The molecule has 0 N–H and O–H groups in total. The van der Waals surface area contributed by atoms with Gasteiger partial charge in [0, 0.05) is 13.1 Å². The van der Waals surface area contributed by atoms with E-state index >= 15 is 0 Å². The third-order valence-electron chi connectivity index (χ3n) is 5.33.